The minimum atomic E-state index is -0.810. The van der Waals surface area contributed by atoms with Gasteiger partial charge in [0.05, 0.1) is 11.9 Å². The van der Waals surface area contributed by atoms with Crippen molar-refractivity contribution in [1.82, 2.24) is 25.7 Å². The van der Waals surface area contributed by atoms with Crippen LogP contribution in [0, 0.1) is 0 Å². The molecular weight excluding hydrogens is 296 g/mol. The van der Waals surface area contributed by atoms with E-state index in [1.165, 1.54) is 6.20 Å². The number of nitrogens with two attached hydrogens (primary N) is 1. The average molecular weight is 322 g/mol. The summed E-state index contributed by atoms with van der Waals surface area (Å²) >= 11 is 0. The standard InChI is InChI=1S/C15H26N6O2/c1-6-7-8-15(2,23-10-21(4)5)11-9-18-13(16)12(19-11)14(22)20-17-3/h7-9,17H,6,10H2,1-5H3,(H2,16,18)(H,20,22)/b8-7-. The number of carbonyl (C=O) groups is 1. The molecule has 1 rings (SSSR count). The molecule has 1 heterocycles. The predicted octanol–water partition coefficient (Wildman–Crippen LogP) is 0.640. The van der Waals surface area contributed by atoms with Gasteiger partial charge in [-0.3, -0.25) is 15.1 Å². The fourth-order valence-corrected chi connectivity index (χ4v) is 1.79. The summed E-state index contributed by atoms with van der Waals surface area (Å²) in [5.41, 5.74) is 10.5. The van der Waals surface area contributed by atoms with Crippen LogP contribution in [-0.4, -0.2) is 48.6 Å². The Bertz CT molecular complexity index is 561. The molecule has 0 radical (unpaired) electrons. The molecule has 8 nitrogen and oxygen atoms in total. The lowest BCUT2D eigenvalue weighted by atomic mass is 10.0. The van der Waals surface area contributed by atoms with Crippen molar-refractivity contribution >= 4 is 11.7 Å². The van der Waals surface area contributed by atoms with Crippen LogP contribution in [0.2, 0.25) is 0 Å². The van der Waals surface area contributed by atoms with E-state index in [1.807, 2.05) is 45.0 Å². The number of carbonyl (C=O) groups excluding carboxylic acids is 1. The zero-order valence-electron chi connectivity index (χ0n) is 14.4. The second-order valence-electron chi connectivity index (χ2n) is 5.46. The van der Waals surface area contributed by atoms with E-state index in [1.54, 1.807) is 7.05 Å². The maximum Gasteiger partial charge on any atom is 0.287 e. The van der Waals surface area contributed by atoms with Gasteiger partial charge in [0, 0.05) is 7.05 Å². The fourth-order valence-electron chi connectivity index (χ4n) is 1.79. The Kier molecular flexibility index (Phi) is 7.08. The lowest BCUT2D eigenvalue weighted by Crippen LogP contribution is -2.36. The first-order valence-corrected chi connectivity index (χ1v) is 7.40. The summed E-state index contributed by atoms with van der Waals surface area (Å²) in [6.07, 6.45) is 6.29. The first kappa shape index (κ1) is 19.0. The lowest BCUT2D eigenvalue weighted by molar-refractivity contribution is -0.0485. The quantitative estimate of drug-likeness (QED) is 0.366. The molecule has 0 saturated carbocycles. The van der Waals surface area contributed by atoms with E-state index in [-0.39, 0.29) is 11.5 Å². The van der Waals surface area contributed by atoms with Crippen molar-refractivity contribution in [3.63, 3.8) is 0 Å². The number of amides is 1. The van der Waals surface area contributed by atoms with Gasteiger partial charge in [0.1, 0.15) is 12.3 Å². The maximum atomic E-state index is 12.0. The van der Waals surface area contributed by atoms with Crippen LogP contribution in [0.3, 0.4) is 0 Å². The molecule has 1 unspecified atom stereocenters. The van der Waals surface area contributed by atoms with E-state index in [2.05, 4.69) is 20.8 Å². The number of anilines is 1. The molecule has 4 N–H and O–H groups in total. The molecule has 128 valence electrons. The van der Waals surface area contributed by atoms with Crippen LogP contribution < -0.4 is 16.6 Å². The summed E-state index contributed by atoms with van der Waals surface area (Å²) in [5, 5.41) is 0. The van der Waals surface area contributed by atoms with Gasteiger partial charge in [-0.2, -0.15) is 0 Å². The summed E-state index contributed by atoms with van der Waals surface area (Å²) in [6.45, 7) is 4.31. The van der Waals surface area contributed by atoms with Gasteiger partial charge in [0.25, 0.3) is 5.91 Å². The van der Waals surface area contributed by atoms with Crippen molar-refractivity contribution in [3.8, 4) is 0 Å². The van der Waals surface area contributed by atoms with E-state index in [0.717, 1.165) is 6.42 Å². The van der Waals surface area contributed by atoms with Gasteiger partial charge in [-0.05, 0) is 27.4 Å². The second-order valence-corrected chi connectivity index (χ2v) is 5.46. The average Bonchev–Trinajstić information content (AvgIpc) is 2.51. The largest absolute Gasteiger partial charge is 0.382 e. The highest BCUT2D eigenvalue weighted by atomic mass is 16.5. The minimum absolute atomic E-state index is 0.0569. The van der Waals surface area contributed by atoms with Gasteiger partial charge in [-0.1, -0.05) is 19.1 Å². The molecule has 0 aliphatic heterocycles. The minimum Gasteiger partial charge on any atom is -0.382 e. The van der Waals surface area contributed by atoms with Crippen molar-refractivity contribution in [2.45, 2.75) is 25.9 Å². The number of nitrogens with one attached hydrogen (secondary N) is 2. The van der Waals surface area contributed by atoms with Crippen LogP contribution in [-0.2, 0) is 10.3 Å². The van der Waals surface area contributed by atoms with Gasteiger partial charge >= 0.3 is 0 Å². The van der Waals surface area contributed by atoms with E-state index >= 15 is 0 Å². The van der Waals surface area contributed by atoms with Crippen LogP contribution in [0.1, 0.15) is 36.5 Å². The molecule has 1 aromatic heterocycles. The van der Waals surface area contributed by atoms with Gasteiger partial charge in [-0.25, -0.2) is 15.4 Å². The van der Waals surface area contributed by atoms with Gasteiger partial charge in [0.2, 0.25) is 0 Å². The number of ether oxygens (including phenoxy) is 1. The first-order valence-electron chi connectivity index (χ1n) is 7.40. The van der Waals surface area contributed by atoms with Crippen LogP contribution >= 0.6 is 0 Å². The van der Waals surface area contributed by atoms with Gasteiger partial charge < -0.3 is 10.5 Å². The molecule has 0 spiro atoms. The van der Waals surface area contributed by atoms with Crippen LogP contribution in [0.25, 0.3) is 0 Å². The molecule has 0 aromatic carbocycles. The normalized spacial score (nSPS) is 14.2. The van der Waals surface area contributed by atoms with E-state index in [4.69, 9.17) is 10.5 Å². The molecule has 0 aliphatic rings. The molecule has 1 atom stereocenters. The van der Waals surface area contributed by atoms with Crippen LogP contribution in [0.4, 0.5) is 5.82 Å². The van der Waals surface area contributed by atoms with Gasteiger partial charge in [0.15, 0.2) is 11.5 Å². The monoisotopic (exact) mass is 322 g/mol. The third-order valence-corrected chi connectivity index (χ3v) is 3.06. The topological polar surface area (TPSA) is 105 Å². The Balaban J connectivity index is 3.22. The third-order valence-electron chi connectivity index (χ3n) is 3.06. The van der Waals surface area contributed by atoms with Crippen LogP contribution in [0.5, 0.6) is 0 Å². The summed E-state index contributed by atoms with van der Waals surface area (Å²) in [7, 11) is 5.40. The molecular formula is C15H26N6O2. The Labute approximate surface area is 137 Å². The number of hydrazine groups is 1. The highest BCUT2D eigenvalue weighted by Crippen LogP contribution is 2.26. The number of hydrogen-bond donors (Lipinski definition) is 3. The Hall–Kier alpha value is -2.03. The van der Waals surface area contributed by atoms with Crippen molar-refractivity contribution < 1.29 is 9.53 Å². The molecule has 0 aliphatic carbocycles. The molecule has 0 saturated heterocycles. The number of allylic oxidation sites excluding steroid dienone is 1. The summed E-state index contributed by atoms with van der Waals surface area (Å²) in [6, 6.07) is 0. The second kappa shape index (κ2) is 8.56. The fraction of sp³-hybridized carbons (Fsp3) is 0.533. The molecule has 1 aromatic rings. The number of rotatable bonds is 8. The van der Waals surface area contributed by atoms with Crippen molar-refractivity contribution in [1.29, 1.82) is 0 Å². The molecule has 8 heteroatoms. The van der Waals surface area contributed by atoms with Crippen molar-refractivity contribution in [2.75, 3.05) is 33.6 Å². The van der Waals surface area contributed by atoms with Crippen molar-refractivity contribution in [2.24, 2.45) is 0 Å². The van der Waals surface area contributed by atoms with E-state index in [9.17, 15) is 4.79 Å². The maximum absolute atomic E-state index is 12.0. The highest BCUT2D eigenvalue weighted by molar-refractivity contribution is 5.95. The number of aromatic nitrogens is 2. The van der Waals surface area contributed by atoms with Crippen molar-refractivity contribution in [3.05, 3.63) is 29.7 Å². The summed E-state index contributed by atoms with van der Waals surface area (Å²) in [4.78, 5) is 22.3. The Morgan fingerprint density at radius 1 is 1.52 bits per heavy atom. The number of hydrogen-bond acceptors (Lipinski definition) is 7. The third kappa shape index (κ3) is 5.27. The summed E-state index contributed by atoms with van der Waals surface area (Å²) < 4.78 is 5.96. The molecule has 23 heavy (non-hydrogen) atoms. The zero-order chi connectivity index (χ0) is 17.5. The van der Waals surface area contributed by atoms with Crippen LogP contribution in [0.15, 0.2) is 18.3 Å². The SMILES string of the molecule is CC/C=C\C(C)(OCN(C)C)c1cnc(N)c(C(=O)NNC)n1. The summed E-state index contributed by atoms with van der Waals surface area (Å²) in [5.74, 6) is -0.385. The molecule has 0 bridgehead atoms. The Morgan fingerprint density at radius 2 is 2.22 bits per heavy atom. The van der Waals surface area contributed by atoms with E-state index in [0.29, 0.717) is 12.4 Å². The zero-order valence-corrected chi connectivity index (χ0v) is 14.4. The predicted molar refractivity (Wildman–Crippen MR) is 89.4 cm³/mol. The smallest absolute Gasteiger partial charge is 0.287 e. The highest BCUT2D eigenvalue weighted by Gasteiger charge is 2.28. The molecule has 0 fully saturated rings. The van der Waals surface area contributed by atoms with Gasteiger partial charge in [-0.15, -0.1) is 0 Å². The Morgan fingerprint density at radius 3 is 2.78 bits per heavy atom. The first-order chi connectivity index (χ1) is 10.8. The van der Waals surface area contributed by atoms with E-state index < -0.39 is 11.5 Å². The number of nitrogen functional groups attached to an aromatic ring is 1. The lowest BCUT2D eigenvalue weighted by Gasteiger charge is -2.28. The number of nitrogens with zero attached hydrogens (tertiary/aromatic N) is 3. The molecule has 1 amide bonds.